The number of aromatic nitrogens is 7. The highest BCUT2D eigenvalue weighted by atomic mass is 16.1. The maximum atomic E-state index is 11.9. The zero-order chi connectivity index (χ0) is 22.2. The second kappa shape index (κ2) is 7.65. The van der Waals surface area contributed by atoms with Gasteiger partial charge in [-0.25, -0.2) is 15.0 Å². The number of H-pyrrole nitrogens is 2. The first-order chi connectivity index (χ1) is 15.5. The standard InChI is InChI=1S/C22H18N8O2/c1-3-18(32)27-17-5-4-12(7-24-17)13-6-14-20(29-30-21(14)25-8-13)22-26-16-10-23-9-15(11(2)31)19(16)28-22/h4-10H,3H2,1-2H3,(H,26,28)(H,24,27,32)(H,25,29,30). The Bertz CT molecular complexity index is 1480. The Hall–Kier alpha value is -4.47. The number of nitrogens with zero attached hydrogens (tertiary/aromatic N) is 5. The van der Waals surface area contributed by atoms with E-state index in [2.05, 4.69) is 40.4 Å². The molecule has 0 unspecified atom stereocenters. The van der Waals surface area contributed by atoms with E-state index in [4.69, 9.17) is 0 Å². The summed E-state index contributed by atoms with van der Waals surface area (Å²) in [5.74, 6) is 0.833. The normalized spacial score (nSPS) is 11.2. The molecule has 0 radical (unpaired) electrons. The first kappa shape index (κ1) is 19.5. The van der Waals surface area contributed by atoms with Crippen LogP contribution in [0.2, 0.25) is 0 Å². The van der Waals surface area contributed by atoms with Crippen molar-refractivity contribution in [3.05, 3.63) is 48.5 Å². The van der Waals surface area contributed by atoms with Crippen molar-refractivity contribution in [2.75, 3.05) is 5.32 Å². The van der Waals surface area contributed by atoms with Crippen molar-refractivity contribution in [2.24, 2.45) is 0 Å². The van der Waals surface area contributed by atoms with Gasteiger partial charge in [0.1, 0.15) is 17.0 Å². The number of carbonyl (C=O) groups is 2. The highest BCUT2D eigenvalue weighted by molar-refractivity contribution is 6.05. The van der Waals surface area contributed by atoms with Gasteiger partial charge in [-0.3, -0.25) is 19.7 Å². The van der Waals surface area contributed by atoms with Crippen LogP contribution in [0, 0.1) is 0 Å². The third-order valence-corrected chi connectivity index (χ3v) is 5.11. The smallest absolute Gasteiger partial charge is 0.225 e. The van der Waals surface area contributed by atoms with Crippen molar-refractivity contribution in [2.45, 2.75) is 20.3 Å². The van der Waals surface area contributed by atoms with E-state index >= 15 is 0 Å². The van der Waals surface area contributed by atoms with E-state index in [1.54, 1.807) is 31.6 Å². The second-order valence-corrected chi connectivity index (χ2v) is 7.25. The number of fused-ring (bicyclic) bond motifs is 2. The third-order valence-electron chi connectivity index (χ3n) is 5.11. The van der Waals surface area contributed by atoms with Crippen LogP contribution in [0.1, 0.15) is 30.6 Å². The van der Waals surface area contributed by atoms with Crippen LogP contribution in [-0.4, -0.2) is 46.8 Å². The SMILES string of the molecule is CCC(=O)Nc1ccc(-c2cnc3n[nH]c(-c4nc5c(C(C)=O)cncc5[nH]4)c3c2)cn1. The Labute approximate surface area is 181 Å². The van der Waals surface area contributed by atoms with Crippen LogP contribution in [0.15, 0.2) is 43.0 Å². The molecule has 3 N–H and O–H groups in total. The fourth-order valence-electron chi connectivity index (χ4n) is 3.42. The molecule has 0 saturated carbocycles. The van der Waals surface area contributed by atoms with Gasteiger partial charge in [0.05, 0.1) is 22.7 Å². The minimum Gasteiger partial charge on any atom is -0.335 e. The molecular weight excluding hydrogens is 408 g/mol. The molecule has 0 aliphatic rings. The third kappa shape index (κ3) is 3.37. The molecule has 5 aromatic heterocycles. The Balaban J connectivity index is 1.55. The maximum Gasteiger partial charge on any atom is 0.225 e. The molecule has 0 aliphatic carbocycles. The number of amides is 1. The van der Waals surface area contributed by atoms with E-state index in [1.807, 2.05) is 12.1 Å². The number of hydrogen-bond acceptors (Lipinski definition) is 7. The molecule has 0 aromatic carbocycles. The van der Waals surface area contributed by atoms with Gasteiger partial charge >= 0.3 is 0 Å². The summed E-state index contributed by atoms with van der Waals surface area (Å²) in [5, 5.41) is 10.7. The van der Waals surface area contributed by atoms with Gasteiger partial charge in [0, 0.05) is 36.1 Å². The number of hydrogen-bond donors (Lipinski definition) is 3. The molecule has 0 saturated heterocycles. The maximum absolute atomic E-state index is 11.9. The molecule has 1 amide bonds. The molecule has 158 valence electrons. The molecular formula is C22H18N8O2. The zero-order valence-electron chi connectivity index (χ0n) is 17.3. The van der Waals surface area contributed by atoms with Gasteiger partial charge in [0.2, 0.25) is 5.91 Å². The molecule has 10 nitrogen and oxygen atoms in total. The number of pyridine rings is 3. The number of anilines is 1. The molecule has 32 heavy (non-hydrogen) atoms. The van der Waals surface area contributed by atoms with Crippen LogP contribution in [0.3, 0.4) is 0 Å². The summed E-state index contributed by atoms with van der Waals surface area (Å²) >= 11 is 0. The molecule has 5 heterocycles. The summed E-state index contributed by atoms with van der Waals surface area (Å²) < 4.78 is 0. The van der Waals surface area contributed by atoms with Crippen LogP contribution < -0.4 is 5.32 Å². The van der Waals surface area contributed by atoms with Crippen molar-refractivity contribution in [1.82, 2.24) is 35.1 Å². The van der Waals surface area contributed by atoms with Crippen LogP contribution >= 0.6 is 0 Å². The van der Waals surface area contributed by atoms with Crippen LogP contribution in [0.5, 0.6) is 0 Å². The van der Waals surface area contributed by atoms with Gasteiger partial charge in [-0.1, -0.05) is 6.92 Å². The summed E-state index contributed by atoms with van der Waals surface area (Å²) in [6.45, 7) is 3.27. The van der Waals surface area contributed by atoms with E-state index in [9.17, 15) is 9.59 Å². The quantitative estimate of drug-likeness (QED) is 0.365. The minimum atomic E-state index is -0.106. The number of rotatable bonds is 5. The Morgan fingerprint density at radius 1 is 1.06 bits per heavy atom. The van der Waals surface area contributed by atoms with E-state index in [-0.39, 0.29) is 11.7 Å². The monoisotopic (exact) mass is 426 g/mol. The summed E-state index contributed by atoms with van der Waals surface area (Å²) in [6, 6.07) is 5.56. The number of nitrogens with one attached hydrogen (secondary N) is 3. The largest absolute Gasteiger partial charge is 0.335 e. The number of ketones is 1. The van der Waals surface area contributed by atoms with Crippen LogP contribution in [-0.2, 0) is 4.79 Å². The van der Waals surface area contributed by atoms with Gasteiger partial charge in [-0.05, 0) is 25.1 Å². The lowest BCUT2D eigenvalue weighted by Crippen LogP contribution is -2.10. The van der Waals surface area contributed by atoms with Gasteiger partial charge in [0.25, 0.3) is 0 Å². The average Bonchev–Trinajstić information content (AvgIpc) is 3.42. The van der Waals surface area contributed by atoms with Gasteiger partial charge in [-0.15, -0.1) is 0 Å². The van der Waals surface area contributed by atoms with Crippen LogP contribution in [0.25, 0.3) is 44.7 Å². The fraction of sp³-hybridized carbons (Fsp3) is 0.136. The fourth-order valence-corrected chi connectivity index (χ4v) is 3.42. The Morgan fingerprint density at radius 2 is 1.91 bits per heavy atom. The van der Waals surface area contributed by atoms with Crippen molar-refractivity contribution in [3.8, 4) is 22.6 Å². The molecule has 0 fully saturated rings. The summed E-state index contributed by atoms with van der Waals surface area (Å²) in [4.78, 5) is 44.1. The first-order valence-electron chi connectivity index (χ1n) is 9.99. The lowest BCUT2D eigenvalue weighted by atomic mass is 10.1. The number of aromatic amines is 2. The summed E-state index contributed by atoms with van der Waals surface area (Å²) in [6.07, 6.45) is 6.92. The Kier molecular flexibility index (Phi) is 4.66. The predicted octanol–water partition coefficient (Wildman–Crippen LogP) is 3.51. The number of imidazole rings is 1. The summed E-state index contributed by atoms with van der Waals surface area (Å²) in [5.41, 5.74) is 4.54. The molecule has 0 bridgehead atoms. The molecule has 10 heteroatoms. The molecule has 5 aromatic rings. The summed E-state index contributed by atoms with van der Waals surface area (Å²) in [7, 11) is 0. The predicted molar refractivity (Wildman–Crippen MR) is 119 cm³/mol. The average molecular weight is 426 g/mol. The van der Waals surface area contributed by atoms with Crippen molar-refractivity contribution in [1.29, 1.82) is 0 Å². The topological polar surface area (TPSA) is 142 Å². The van der Waals surface area contributed by atoms with E-state index < -0.39 is 0 Å². The molecule has 0 aliphatic heterocycles. The van der Waals surface area contributed by atoms with Crippen molar-refractivity contribution in [3.63, 3.8) is 0 Å². The van der Waals surface area contributed by atoms with E-state index in [0.29, 0.717) is 46.0 Å². The second-order valence-electron chi connectivity index (χ2n) is 7.25. The molecule has 5 rings (SSSR count). The number of carbonyl (C=O) groups excluding carboxylic acids is 2. The van der Waals surface area contributed by atoms with Gasteiger partial charge in [-0.2, -0.15) is 5.10 Å². The number of Topliss-reactive ketones (excluding diaryl/α,β-unsaturated/α-hetero) is 1. The highest BCUT2D eigenvalue weighted by Crippen LogP contribution is 2.29. The molecule has 0 spiro atoms. The van der Waals surface area contributed by atoms with Crippen molar-refractivity contribution < 1.29 is 9.59 Å². The van der Waals surface area contributed by atoms with Gasteiger partial charge in [0.15, 0.2) is 17.3 Å². The molecule has 0 atom stereocenters. The van der Waals surface area contributed by atoms with Crippen LogP contribution in [0.4, 0.5) is 5.82 Å². The first-order valence-corrected chi connectivity index (χ1v) is 9.99. The van der Waals surface area contributed by atoms with Crippen molar-refractivity contribution >= 4 is 39.6 Å². The Morgan fingerprint density at radius 3 is 2.66 bits per heavy atom. The van der Waals surface area contributed by atoms with E-state index in [1.165, 1.54) is 13.1 Å². The van der Waals surface area contributed by atoms with Gasteiger partial charge < -0.3 is 10.3 Å². The lowest BCUT2D eigenvalue weighted by Gasteiger charge is -2.05. The lowest BCUT2D eigenvalue weighted by molar-refractivity contribution is -0.115. The highest BCUT2D eigenvalue weighted by Gasteiger charge is 2.17. The van der Waals surface area contributed by atoms with E-state index in [0.717, 1.165) is 16.5 Å². The zero-order valence-corrected chi connectivity index (χ0v) is 17.3. The minimum absolute atomic E-state index is 0.0923.